The zero-order valence-corrected chi connectivity index (χ0v) is 13.6. The minimum Gasteiger partial charge on any atom is -0.394 e. The van der Waals surface area contributed by atoms with Gasteiger partial charge in [-0.25, -0.2) is 0 Å². The molecule has 1 aliphatic heterocycles. The Labute approximate surface area is 134 Å². The van der Waals surface area contributed by atoms with Crippen molar-refractivity contribution in [1.29, 1.82) is 0 Å². The topological polar surface area (TPSA) is 58.4 Å². The van der Waals surface area contributed by atoms with Crippen molar-refractivity contribution in [2.45, 2.75) is 32.2 Å². The molecule has 1 saturated heterocycles. The fraction of sp³-hybridized carbons (Fsp3) is 0.500. The molecular formula is C16H21N3O2S. The van der Waals surface area contributed by atoms with Gasteiger partial charge < -0.3 is 10.0 Å². The van der Waals surface area contributed by atoms with Crippen LogP contribution in [0.4, 0.5) is 0 Å². The van der Waals surface area contributed by atoms with Gasteiger partial charge in [-0.2, -0.15) is 5.10 Å². The first-order valence-electron chi connectivity index (χ1n) is 7.67. The molecule has 0 aliphatic carbocycles. The fourth-order valence-electron chi connectivity index (χ4n) is 3.05. The number of rotatable bonds is 4. The summed E-state index contributed by atoms with van der Waals surface area (Å²) in [5.74, 6) is 0.573. The van der Waals surface area contributed by atoms with E-state index in [1.54, 1.807) is 17.5 Å². The molecule has 1 fully saturated rings. The monoisotopic (exact) mass is 319 g/mol. The Hall–Kier alpha value is -1.66. The van der Waals surface area contributed by atoms with Crippen LogP contribution in [0.1, 0.15) is 39.0 Å². The van der Waals surface area contributed by atoms with Crippen molar-refractivity contribution in [3.63, 3.8) is 0 Å². The van der Waals surface area contributed by atoms with Crippen LogP contribution >= 0.6 is 11.3 Å². The quantitative estimate of drug-likeness (QED) is 0.940. The second-order valence-corrected chi connectivity index (χ2v) is 6.97. The van der Waals surface area contributed by atoms with Gasteiger partial charge in [-0.05, 0) is 38.0 Å². The van der Waals surface area contributed by atoms with Gasteiger partial charge in [-0.1, -0.05) is 0 Å². The summed E-state index contributed by atoms with van der Waals surface area (Å²) in [6, 6.07) is 5.95. The maximum Gasteiger partial charge on any atom is 0.263 e. The molecule has 0 bridgehead atoms. The summed E-state index contributed by atoms with van der Waals surface area (Å²) in [6.07, 6.45) is 3.69. The number of thiophene rings is 1. The SMILES string of the molecule is Cc1ccc(C(=O)N2CCC(c3ccnn3CCO)CC2)s1. The van der Waals surface area contributed by atoms with E-state index in [1.807, 2.05) is 34.7 Å². The number of hydrogen-bond donors (Lipinski definition) is 1. The van der Waals surface area contributed by atoms with Gasteiger partial charge in [0.25, 0.3) is 5.91 Å². The molecule has 1 amide bonds. The van der Waals surface area contributed by atoms with Crippen LogP contribution in [0.2, 0.25) is 0 Å². The number of aromatic nitrogens is 2. The summed E-state index contributed by atoms with van der Waals surface area (Å²) in [5, 5.41) is 13.4. The first kappa shape index (κ1) is 15.2. The number of nitrogens with zero attached hydrogens (tertiary/aromatic N) is 3. The van der Waals surface area contributed by atoms with Gasteiger partial charge in [0.05, 0.1) is 18.0 Å². The normalized spacial score (nSPS) is 16.2. The van der Waals surface area contributed by atoms with Gasteiger partial charge in [0.2, 0.25) is 0 Å². The molecule has 0 unspecified atom stereocenters. The molecule has 1 N–H and O–H groups in total. The summed E-state index contributed by atoms with van der Waals surface area (Å²) < 4.78 is 1.88. The Morgan fingerprint density at radius 3 is 2.77 bits per heavy atom. The smallest absolute Gasteiger partial charge is 0.263 e. The summed E-state index contributed by atoms with van der Waals surface area (Å²) >= 11 is 1.56. The molecule has 3 rings (SSSR count). The molecule has 0 aromatic carbocycles. The highest BCUT2D eigenvalue weighted by Gasteiger charge is 2.26. The molecule has 5 nitrogen and oxygen atoms in total. The number of piperidine rings is 1. The highest BCUT2D eigenvalue weighted by molar-refractivity contribution is 7.13. The molecule has 3 heterocycles. The van der Waals surface area contributed by atoms with E-state index in [2.05, 4.69) is 5.10 Å². The molecule has 1 aliphatic rings. The lowest BCUT2D eigenvalue weighted by Gasteiger charge is -2.32. The average molecular weight is 319 g/mol. The number of carbonyl (C=O) groups is 1. The molecule has 0 saturated carbocycles. The van der Waals surface area contributed by atoms with Crippen LogP contribution in [-0.2, 0) is 6.54 Å². The second-order valence-electron chi connectivity index (χ2n) is 5.68. The van der Waals surface area contributed by atoms with Crippen LogP contribution in [-0.4, -0.2) is 45.4 Å². The predicted octanol–water partition coefficient (Wildman–Crippen LogP) is 2.27. The molecule has 2 aromatic rings. The van der Waals surface area contributed by atoms with E-state index >= 15 is 0 Å². The van der Waals surface area contributed by atoms with Gasteiger partial charge in [0, 0.05) is 35.8 Å². The Morgan fingerprint density at radius 2 is 2.14 bits per heavy atom. The minimum absolute atomic E-state index is 0.101. The predicted molar refractivity (Wildman–Crippen MR) is 86.2 cm³/mol. The molecule has 118 valence electrons. The molecule has 0 atom stereocenters. The van der Waals surface area contributed by atoms with Crippen molar-refractivity contribution in [3.8, 4) is 0 Å². The maximum absolute atomic E-state index is 12.5. The van der Waals surface area contributed by atoms with Crippen molar-refractivity contribution < 1.29 is 9.90 Å². The van der Waals surface area contributed by atoms with Crippen LogP contribution in [0, 0.1) is 6.92 Å². The van der Waals surface area contributed by atoms with Gasteiger partial charge in [0.15, 0.2) is 0 Å². The zero-order chi connectivity index (χ0) is 15.5. The van der Waals surface area contributed by atoms with E-state index in [0.717, 1.165) is 30.8 Å². The summed E-state index contributed by atoms with van der Waals surface area (Å²) in [4.78, 5) is 16.4. The number of hydrogen-bond acceptors (Lipinski definition) is 4. The average Bonchev–Trinajstić information content (AvgIpc) is 3.16. The van der Waals surface area contributed by atoms with E-state index in [-0.39, 0.29) is 12.5 Å². The third-order valence-corrected chi connectivity index (χ3v) is 5.20. The first-order valence-corrected chi connectivity index (χ1v) is 8.49. The first-order chi connectivity index (χ1) is 10.7. The van der Waals surface area contributed by atoms with Gasteiger partial charge in [-0.3, -0.25) is 9.48 Å². The van der Waals surface area contributed by atoms with Crippen LogP contribution < -0.4 is 0 Å². The molecular weight excluding hydrogens is 298 g/mol. The van der Waals surface area contributed by atoms with Crippen LogP contribution in [0.3, 0.4) is 0 Å². The van der Waals surface area contributed by atoms with Gasteiger partial charge >= 0.3 is 0 Å². The number of aliphatic hydroxyl groups excluding tert-OH is 1. The molecule has 0 spiro atoms. The highest BCUT2D eigenvalue weighted by atomic mass is 32.1. The van der Waals surface area contributed by atoms with Crippen molar-refractivity contribution >= 4 is 17.2 Å². The highest BCUT2D eigenvalue weighted by Crippen LogP contribution is 2.29. The van der Waals surface area contributed by atoms with Crippen molar-refractivity contribution in [2.24, 2.45) is 0 Å². The minimum atomic E-state index is 0.101. The number of amides is 1. The van der Waals surface area contributed by atoms with Crippen molar-refractivity contribution in [1.82, 2.24) is 14.7 Å². The molecule has 0 radical (unpaired) electrons. The lowest BCUT2D eigenvalue weighted by atomic mass is 9.93. The Bertz CT molecular complexity index is 641. The third-order valence-electron chi connectivity index (χ3n) is 4.21. The Morgan fingerprint density at radius 1 is 1.36 bits per heavy atom. The van der Waals surface area contributed by atoms with Gasteiger partial charge in [0.1, 0.15) is 0 Å². The van der Waals surface area contributed by atoms with Crippen LogP contribution in [0.25, 0.3) is 0 Å². The summed E-state index contributed by atoms with van der Waals surface area (Å²) in [7, 11) is 0. The summed E-state index contributed by atoms with van der Waals surface area (Å²) in [6.45, 7) is 4.23. The lowest BCUT2D eigenvalue weighted by Crippen LogP contribution is -2.38. The van der Waals surface area contributed by atoms with Gasteiger partial charge in [-0.15, -0.1) is 11.3 Å². The molecule has 2 aromatic heterocycles. The molecule has 6 heteroatoms. The number of aryl methyl sites for hydroxylation is 1. The third kappa shape index (κ3) is 3.08. The van der Waals surface area contributed by atoms with E-state index in [0.29, 0.717) is 12.5 Å². The largest absolute Gasteiger partial charge is 0.394 e. The van der Waals surface area contributed by atoms with Crippen molar-refractivity contribution in [2.75, 3.05) is 19.7 Å². The number of likely N-dealkylation sites (tertiary alicyclic amines) is 1. The van der Waals surface area contributed by atoms with E-state index in [1.165, 1.54) is 10.6 Å². The number of aliphatic hydroxyl groups is 1. The summed E-state index contributed by atoms with van der Waals surface area (Å²) in [5.41, 5.74) is 1.17. The lowest BCUT2D eigenvalue weighted by molar-refractivity contribution is 0.0716. The fourth-order valence-corrected chi connectivity index (χ4v) is 3.89. The number of carbonyl (C=O) groups excluding carboxylic acids is 1. The van der Waals surface area contributed by atoms with E-state index in [9.17, 15) is 4.79 Å². The zero-order valence-electron chi connectivity index (χ0n) is 12.7. The molecule has 22 heavy (non-hydrogen) atoms. The van der Waals surface area contributed by atoms with E-state index in [4.69, 9.17) is 5.11 Å². The van der Waals surface area contributed by atoms with Crippen LogP contribution in [0.15, 0.2) is 24.4 Å². The Balaban J connectivity index is 1.62. The second kappa shape index (κ2) is 6.62. The maximum atomic E-state index is 12.5. The standard InChI is InChI=1S/C16H21N3O2S/c1-12-2-3-15(22-12)16(21)18-8-5-13(6-9-18)14-4-7-17-19(14)10-11-20/h2-4,7,13,20H,5-6,8-11H2,1H3. The van der Waals surface area contributed by atoms with E-state index < -0.39 is 0 Å². The Kier molecular flexibility index (Phi) is 4.59. The van der Waals surface area contributed by atoms with Crippen molar-refractivity contribution in [3.05, 3.63) is 39.8 Å². The van der Waals surface area contributed by atoms with Crippen LogP contribution in [0.5, 0.6) is 0 Å².